The first-order chi connectivity index (χ1) is 8.77. The lowest BCUT2D eigenvalue weighted by molar-refractivity contribution is 0.0658. The molecular formula is C13H21FN2O2. The lowest BCUT2D eigenvalue weighted by Gasteiger charge is -2.18. The molecule has 0 spiro atoms. The Morgan fingerprint density at radius 3 is 2.83 bits per heavy atom. The van der Waals surface area contributed by atoms with Crippen LogP contribution in [0.2, 0.25) is 0 Å². The molecule has 1 atom stereocenters. The first kappa shape index (κ1) is 15.0. The zero-order valence-corrected chi connectivity index (χ0v) is 11.0. The summed E-state index contributed by atoms with van der Waals surface area (Å²) in [6, 6.07) is 1.58. The molecule has 0 aliphatic heterocycles. The van der Waals surface area contributed by atoms with E-state index in [4.69, 9.17) is 9.47 Å². The highest BCUT2D eigenvalue weighted by molar-refractivity contribution is 5.15. The molecule has 0 saturated heterocycles. The summed E-state index contributed by atoms with van der Waals surface area (Å²) in [5.74, 6) is -0.310. The minimum absolute atomic E-state index is 0.0701. The number of ether oxygens (including phenoxy) is 2. The highest BCUT2D eigenvalue weighted by atomic mass is 19.1. The summed E-state index contributed by atoms with van der Waals surface area (Å²) in [6.45, 7) is 4.62. The number of nitrogens with one attached hydrogen (secondary N) is 1. The van der Waals surface area contributed by atoms with Gasteiger partial charge in [0, 0.05) is 26.0 Å². The van der Waals surface area contributed by atoms with Gasteiger partial charge in [0.2, 0.25) is 0 Å². The molecule has 0 saturated carbocycles. The fourth-order valence-corrected chi connectivity index (χ4v) is 1.70. The van der Waals surface area contributed by atoms with Gasteiger partial charge in [0.25, 0.3) is 0 Å². The molecule has 5 heteroatoms. The Morgan fingerprint density at radius 1 is 1.33 bits per heavy atom. The van der Waals surface area contributed by atoms with Crippen LogP contribution < -0.4 is 5.32 Å². The van der Waals surface area contributed by atoms with Gasteiger partial charge in [-0.2, -0.15) is 0 Å². The van der Waals surface area contributed by atoms with Crippen molar-refractivity contribution in [3.05, 3.63) is 29.8 Å². The summed E-state index contributed by atoms with van der Waals surface area (Å²) in [4.78, 5) is 3.87. The number of hydrogen-bond acceptors (Lipinski definition) is 4. The van der Waals surface area contributed by atoms with Gasteiger partial charge in [-0.25, -0.2) is 4.39 Å². The van der Waals surface area contributed by atoms with Crippen LogP contribution in [0.1, 0.15) is 24.9 Å². The van der Waals surface area contributed by atoms with Crippen LogP contribution in [0.25, 0.3) is 0 Å². The van der Waals surface area contributed by atoms with E-state index >= 15 is 0 Å². The van der Waals surface area contributed by atoms with Crippen molar-refractivity contribution in [3.63, 3.8) is 0 Å². The molecule has 1 heterocycles. The van der Waals surface area contributed by atoms with Crippen LogP contribution in [0.4, 0.5) is 4.39 Å². The average Bonchev–Trinajstić information content (AvgIpc) is 2.37. The number of aromatic nitrogens is 1. The second kappa shape index (κ2) is 8.97. The molecule has 1 unspecified atom stereocenters. The zero-order valence-electron chi connectivity index (χ0n) is 11.0. The molecule has 0 fully saturated rings. The Bertz CT molecular complexity index is 337. The molecule has 0 aromatic carbocycles. The summed E-state index contributed by atoms with van der Waals surface area (Å²) < 4.78 is 23.4. The van der Waals surface area contributed by atoms with Crippen molar-refractivity contribution in [2.24, 2.45) is 0 Å². The van der Waals surface area contributed by atoms with Crippen molar-refractivity contribution in [2.75, 3.05) is 33.5 Å². The van der Waals surface area contributed by atoms with Crippen molar-refractivity contribution in [2.45, 2.75) is 19.4 Å². The van der Waals surface area contributed by atoms with Crippen LogP contribution in [0.15, 0.2) is 18.5 Å². The lowest BCUT2D eigenvalue weighted by atomic mass is 10.1. The van der Waals surface area contributed by atoms with Crippen molar-refractivity contribution in [1.29, 1.82) is 0 Å². The van der Waals surface area contributed by atoms with E-state index in [-0.39, 0.29) is 11.9 Å². The fraction of sp³-hybridized carbons (Fsp3) is 0.615. The van der Waals surface area contributed by atoms with Crippen LogP contribution in [-0.2, 0) is 9.47 Å². The maximum atomic E-state index is 13.1. The summed E-state index contributed by atoms with van der Waals surface area (Å²) in [5.41, 5.74) is 0.854. The molecule has 4 nitrogen and oxygen atoms in total. The van der Waals surface area contributed by atoms with E-state index in [0.717, 1.165) is 18.5 Å². The van der Waals surface area contributed by atoms with Crippen molar-refractivity contribution < 1.29 is 13.9 Å². The summed E-state index contributed by atoms with van der Waals surface area (Å²) in [5, 5.41) is 3.30. The second-order valence-corrected chi connectivity index (χ2v) is 3.94. The SMILES string of the molecule is CCNC(CCOCCOC)c1cncc(F)c1. The molecule has 102 valence electrons. The molecule has 0 amide bonds. The van der Waals surface area contributed by atoms with Crippen molar-refractivity contribution >= 4 is 0 Å². The average molecular weight is 256 g/mol. The van der Waals surface area contributed by atoms with Gasteiger partial charge in [-0.3, -0.25) is 4.98 Å². The molecule has 0 bridgehead atoms. The summed E-state index contributed by atoms with van der Waals surface area (Å²) in [6.07, 6.45) is 3.68. The zero-order chi connectivity index (χ0) is 13.2. The van der Waals surface area contributed by atoms with Gasteiger partial charge in [0.15, 0.2) is 0 Å². The number of halogens is 1. The molecule has 1 aromatic rings. The van der Waals surface area contributed by atoms with Crippen LogP contribution in [0.3, 0.4) is 0 Å². The highest BCUT2D eigenvalue weighted by Gasteiger charge is 2.11. The standard InChI is InChI=1S/C13H21FN2O2/c1-3-16-13(4-5-18-7-6-17-2)11-8-12(14)10-15-9-11/h8-10,13,16H,3-7H2,1-2H3. The van der Waals surface area contributed by atoms with Gasteiger partial charge < -0.3 is 14.8 Å². The number of nitrogens with zero attached hydrogens (tertiary/aromatic N) is 1. The number of pyridine rings is 1. The smallest absolute Gasteiger partial charge is 0.141 e. The molecular weight excluding hydrogens is 235 g/mol. The Kier molecular flexibility index (Phi) is 7.48. The third-order valence-electron chi connectivity index (χ3n) is 2.56. The molecule has 0 aliphatic rings. The van der Waals surface area contributed by atoms with E-state index in [1.54, 1.807) is 13.3 Å². The van der Waals surface area contributed by atoms with Gasteiger partial charge in [0.1, 0.15) is 5.82 Å². The third-order valence-corrected chi connectivity index (χ3v) is 2.56. The van der Waals surface area contributed by atoms with Crippen molar-refractivity contribution in [3.8, 4) is 0 Å². The van der Waals surface area contributed by atoms with Crippen LogP contribution in [-0.4, -0.2) is 38.5 Å². The maximum Gasteiger partial charge on any atom is 0.141 e. The van der Waals surface area contributed by atoms with E-state index in [1.807, 2.05) is 6.92 Å². The second-order valence-electron chi connectivity index (χ2n) is 3.94. The Hall–Kier alpha value is -1.04. The molecule has 0 aliphatic carbocycles. The first-order valence-electron chi connectivity index (χ1n) is 6.18. The predicted octanol–water partition coefficient (Wildman–Crippen LogP) is 1.92. The lowest BCUT2D eigenvalue weighted by Crippen LogP contribution is -2.23. The molecule has 1 rings (SSSR count). The minimum atomic E-state index is -0.310. The van der Waals surface area contributed by atoms with Crippen molar-refractivity contribution in [1.82, 2.24) is 10.3 Å². The largest absolute Gasteiger partial charge is 0.382 e. The normalized spacial score (nSPS) is 12.6. The van der Waals surface area contributed by atoms with Crippen LogP contribution >= 0.6 is 0 Å². The van der Waals surface area contributed by atoms with Gasteiger partial charge in [-0.05, 0) is 24.6 Å². The first-order valence-corrected chi connectivity index (χ1v) is 6.18. The topological polar surface area (TPSA) is 43.4 Å². The van der Waals surface area contributed by atoms with E-state index in [1.165, 1.54) is 12.3 Å². The fourth-order valence-electron chi connectivity index (χ4n) is 1.70. The molecule has 0 radical (unpaired) electrons. The van der Waals surface area contributed by atoms with Crippen LogP contribution in [0.5, 0.6) is 0 Å². The predicted molar refractivity (Wildman–Crippen MR) is 67.9 cm³/mol. The monoisotopic (exact) mass is 256 g/mol. The Labute approximate surface area is 108 Å². The molecule has 1 N–H and O–H groups in total. The number of methoxy groups -OCH3 is 1. The van der Waals surface area contributed by atoms with E-state index < -0.39 is 0 Å². The number of rotatable bonds is 9. The Morgan fingerprint density at radius 2 is 2.17 bits per heavy atom. The third kappa shape index (κ3) is 5.53. The summed E-state index contributed by atoms with van der Waals surface area (Å²) in [7, 11) is 1.64. The van der Waals surface area contributed by atoms with Gasteiger partial charge in [-0.15, -0.1) is 0 Å². The highest BCUT2D eigenvalue weighted by Crippen LogP contribution is 2.16. The van der Waals surface area contributed by atoms with E-state index in [0.29, 0.717) is 19.8 Å². The van der Waals surface area contributed by atoms with E-state index in [9.17, 15) is 4.39 Å². The van der Waals surface area contributed by atoms with E-state index in [2.05, 4.69) is 10.3 Å². The maximum absolute atomic E-state index is 13.1. The molecule has 18 heavy (non-hydrogen) atoms. The number of hydrogen-bond donors (Lipinski definition) is 1. The van der Waals surface area contributed by atoms with Gasteiger partial charge >= 0.3 is 0 Å². The van der Waals surface area contributed by atoms with Gasteiger partial charge in [0.05, 0.1) is 19.4 Å². The van der Waals surface area contributed by atoms with Gasteiger partial charge in [-0.1, -0.05) is 6.92 Å². The summed E-state index contributed by atoms with van der Waals surface area (Å²) >= 11 is 0. The Balaban J connectivity index is 2.44. The van der Waals surface area contributed by atoms with Crippen LogP contribution in [0, 0.1) is 5.82 Å². The quantitative estimate of drug-likeness (QED) is 0.686. The molecule has 1 aromatic heterocycles. The minimum Gasteiger partial charge on any atom is -0.382 e.